The van der Waals surface area contributed by atoms with Gasteiger partial charge in [0.05, 0.1) is 18.7 Å². The van der Waals surface area contributed by atoms with Crippen LogP contribution in [-0.2, 0) is 9.59 Å². The molecular weight excluding hydrogens is 398 g/mol. The number of carbonyl (C=O) groups is 2. The quantitative estimate of drug-likeness (QED) is 0.227. The van der Waals surface area contributed by atoms with Crippen molar-refractivity contribution in [2.75, 3.05) is 11.9 Å². The summed E-state index contributed by atoms with van der Waals surface area (Å²) < 4.78 is 5.88. The van der Waals surface area contributed by atoms with Crippen LogP contribution in [-0.4, -0.2) is 18.3 Å². The van der Waals surface area contributed by atoms with Crippen LogP contribution in [0.5, 0.6) is 5.75 Å². The molecule has 0 atom stereocenters. The molecule has 1 rings (SSSR count). The predicted molar refractivity (Wildman–Crippen MR) is 126 cm³/mol. The van der Waals surface area contributed by atoms with Crippen molar-refractivity contribution in [1.82, 2.24) is 0 Å². The summed E-state index contributed by atoms with van der Waals surface area (Å²) in [6.07, 6.45) is 12.6. The van der Waals surface area contributed by atoms with E-state index in [2.05, 4.69) is 12.2 Å². The fraction of sp³-hybridized carbons (Fsp3) is 0.680. The molecule has 5 heteroatoms. The minimum absolute atomic E-state index is 0.102. The summed E-state index contributed by atoms with van der Waals surface area (Å²) >= 11 is 6.08. The van der Waals surface area contributed by atoms with Gasteiger partial charge in [0.1, 0.15) is 11.5 Å². The lowest BCUT2D eigenvalue weighted by atomic mass is 9.89. The van der Waals surface area contributed by atoms with Crippen molar-refractivity contribution in [2.45, 2.75) is 98.3 Å². The van der Waals surface area contributed by atoms with Gasteiger partial charge in [-0.1, -0.05) is 97.1 Å². The second-order valence-electron chi connectivity index (χ2n) is 9.07. The maximum atomic E-state index is 12.3. The Balaban J connectivity index is 2.34. The number of ether oxygens (including phenoxy) is 1. The Morgan fingerprint density at radius 2 is 1.50 bits per heavy atom. The number of rotatable bonds is 15. The molecule has 0 aliphatic heterocycles. The van der Waals surface area contributed by atoms with Gasteiger partial charge in [-0.25, -0.2) is 0 Å². The highest BCUT2D eigenvalue weighted by atomic mass is 35.5. The second kappa shape index (κ2) is 14.5. The minimum atomic E-state index is -0.541. The van der Waals surface area contributed by atoms with Crippen LogP contribution in [0.25, 0.3) is 0 Å². The number of benzene rings is 1. The molecule has 4 nitrogen and oxygen atoms in total. The molecule has 0 heterocycles. The zero-order valence-corrected chi connectivity index (χ0v) is 20.1. The van der Waals surface area contributed by atoms with Gasteiger partial charge in [-0.05, 0) is 24.6 Å². The number of halogens is 1. The lowest BCUT2D eigenvalue weighted by Crippen LogP contribution is -2.26. The Labute approximate surface area is 188 Å². The zero-order chi connectivity index (χ0) is 22.4. The van der Waals surface area contributed by atoms with E-state index in [1.807, 2.05) is 20.8 Å². The number of unbranched alkanes of at least 4 members (excludes halogenated alkanes) is 9. The van der Waals surface area contributed by atoms with Crippen LogP contribution in [0, 0.1) is 5.41 Å². The Bertz CT molecular complexity index is 652. The highest BCUT2D eigenvalue weighted by molar-refractivity contribution is 6.31. The van der Waals surface area contributed by atoms with E-state index >= 15 is 0 Å². The standard InChI is InChI=1S/C25H40ClNO3/c1-5-6-7-8-9-10-11-12-13-14-17-30-22-16-15-20(26)18-21(22)27-24(29)19-23(28)25(2,3)4/h15-16,18H,5-14,17,19H2,1-4H3,(H,27,29). The third-order valence-electron chi connectivity index (χ3n) is 5.13. The number of hydrogen-bond acceptors (Lipinski definition) is 3. The van der Waals surface area contributed by atoms with E-state index in [9.17, 15) is 9.59 Å². The number of anilines is 1. The smallest absolute Gasteiger partial charge is 0.231 e. The van der Waals surface area contributed by atoms with Gasteiger partial charge in [0.25, 0.3) is 0 Å². The number of nitrogens with one attached hydrogen (secondary N) is 1. The molecule has 30 heavy (non-hydrogen) atoms. The average molecular weight is 438 g/mol. The Kier molecular flexibility index (Phi) is 12.8. The molecular formula is C25H40ClNO3. The first-order valence-corrected chi connectivity index (χ1v) is 11.9. The number of hydrogen-bond donors (Lipinski definition) is 1. The summed E-state index contributed by atoms with van der Waals surface area (Å²) in [4.78, 5) is 24.3. The molecule has 0 saturated carbocycles. The average Bonchev–Trinajstić information content (AvgIpc) is 2.66. The summed E-state index contributed by atoms with van der Waals surface area (Å²) in [5.74, 6) is 0.141. The molecule has 0 aliphatic rings. The molecule has 0 spiro atoms. The molecule has 0 bridgehead atoms. The van der Waals surface area contributed by atoms with Crippen LogP contribution in [0.4, 0.5) is 5.69 Å². The lowest BCUT2D eigenvalue weighted by Gasteiger charge is -2.17. The zero-order valence-electron chi connectivity index (χ0n) is 19.3. The topological polar surface area (TPSA) is 55.4 Å². The van der Waals surface area contributed by atoms with Crippen molar-refractivity contribution in [2.24, 2.45) is 5.41 Å². The molecule has 0 aliphatic carbocycles. The monoisotopic (exact) mass is 437 g/mol. The van der Waals surface area contributed by atoms with Gasteiger partial charge in [-0.3, -0.25) is 9.59 Å². The van der Waals surface area contributed by atoms with Crippen molar-refractivity contribution in [3.05, 3.63) is 23.2 Å². The van der Waals surface area contributed by atoms with Crippen molar-refractivity contribution in [3.63, 3.8) is 0 Å². The van der Waals surface area contributed by atoms with Crippen LogP contribution >= 0.6 is 11.6 Å². The van der Waals surface area contributed by atoms with Gasteiger partial charge in [-0.15, -0.1) is 0 Å². The molecule has 1 aromatic carbocycles. The van der Waals surface area contributed by atoms with E-state index in [4.69, 9.17) is 16.3 Å². The summed E-state index contributed by atoms with van der Waals surface area (Å²) in [7, 11) is 0. The van der Waals surface area contributed by atoms with Gasteiger partial charge >= 0.3 is 0 Å². The molecule has 0 radical (unpaired) electrons. The fourth-order valence-electron chi connectivity index (χ4n) is 3.10. The first-order chi connectivity index (χ1) is 14.2. The largest absolute Gasteiger partial charge is 0.491 e. The summed E-state index contributed by atoms with van der Waals surface area (Å²) in [6.45, 7) is 8.27. The van der Waals surface area contributed by atoms with Gasteiger partial charge in [0.2, 0.25) is 5.91 Å². The van der Waals surface area contributed by atoms with Crippen molar-refractivity contribution < 1.29 is 14.3 Å². The third kappa shape index (κ3) is 11.6. The first kappa shape index (κ1) is 26.5. The van der Waals surface area contributed by atoms with Crippen molar-refractivity contribution in [3.8, 4) is 5.75 Å². The van der Waals surface area contributed by atoms with E-state index in [1.165, 1.54) is 51.4 Å². The number of carbonyl (C=O) groups excluding carboxylic acids is 2. The van der Waals surface area contributed by atoms with Crippen molar-refractivity contribution in [1.29, 1.82) is 0 Å². The van der Waals surface area contributed by atoms with E-state index in [-0.39, 0.29) is 18.1 Å². The van der Waals surface area contributed by atoms with Gasteiger partial charge in [-0.2, -0.15) is 0 Å². The predicted octanol–water partition coefficient (Wildman–Crippen LogP) is 7.58. The number of amides is 1. The molecule has 1 amide bonds. The minimum Gasteiger partial charge on any atom is -0.491 e. The maximum absolute atomic E-state index is 12.3. The summed E-state index contributed by atoms with van der Waals surface area (Å²) in [5.41, 5.74) is -0.0261. The third-order valence-corrected chi connectivity index (χ3v) is 5.36. The van der Waals surface area contributed by atoms with E-state index < -0.39 is 5.41 Å². The van der Waals surface area contributed by atoms with E-state index in [0.29, 0.717) is 23.1 Å². The Morgan fingerprint density at radius 1 is 0.933 bits per heavy atom. The van der Waals surface area contributed by atoms with E-state index in [1.54, 1.807) is 18.2 Å². The normalized spacial score (nSPS) is 11.4. The molecule has 0 fully saturated rings. The van der Waals surface area contributed by atoms with Crippen LogP contribution in [0.1, 0.15) is 98.3 Å². The lowest BCUT2D eigenvalue weighted by molar-refractivity contribution is -0.130. The van der Waals surface area contributed by atoms with Gasteiger partial charge in [0.15, 0.2) is 0 Å². The van der Waals surface area contributed by atoms with Gasteiger partial charge < -0.3 is 10.1 Å². The SMILES string of the molecule is CCCCCCCCCCCCOc1ccc(Cl)cc1NC(=O)CC(=O)C(C)(C)C. The summed E-state index contributed by atoms with van der Waals surface area (Å²) in [6, 6.07) is 5.17. The highest BCUT2D eigenvalue weighted by Gasteiger charge is 2.24. The van der Waals surface area contributed by atoms with Gasteiger partial charge in [0, 0.05) is 10.4 Å². The molecule has 170 valence electrons. The number of ketones is 1. The first-order valence-electron chi connectivity index (χ1n) is 11.5. The maximum Gasteiger partial charge on any atom is 0.231 e. The molecule has 1 aromatic rings. The highest BCUT2D eigenvalue weighted by Crippen LogP contribution is 2.29. The van der Waals surface area contributed by atoms with Crippen molar-refractivity contribution >= 4 is 29.0 Å². The van der Waals surface area contributed by atoms with Crippen LogP contribution < -0.4 is 10.1 Å². The second-order valence-corrected chi connectivity index (χ2v) is 9.51. The Hall–Kier alpha value is -1.55. The van der Waals surface area contributed by atoms with Crippen LogP contribution in [0.2, 0.25) is 5.02 Å². The number of Topliss-reactive ketones (excluding diaryl/α,β-unsaturated/α-hetero) is 1. The molecule has 1 N–H and O–H groups in total. The van der Waals surface area contributed by atoms with Crippen LogP contribution in [0.15, 0.2) is 18.2 Å². The molecule has 0 saturated heterocycles. The molecule has 0 unspecified atom stereocenters. The Morgan fingerprint density at radius 3 is 2.07 bits per heavy atom. The summed E-state index contributed by atoms with van der Waals surface area (Å²) in [5, 5.41) is 3.29. The van der Waals surface area contributed by atoms with E-state index in [0.717, 1.165) is 12.8 Å². The fourth-order valence-corrected chi connectivity index (χ4v) is 3.27. The molecule has 0 aromatic heterocycles. The van der Waals surface area contributed by atoms with Crippen LogP contribution in [0.3, 0.4) is 0 Å².